The maximum atomic E-state index is 14.0. The zero-order valence-corrected chi connectivity index (χ0v) is 26.6. The third-order valence-electron chi connectivity index (χ3n) is 11.3. The lowest BCUT2D eigenvalue weighted by Crippen LogP contribution is -2.48. The second kappa shape index (κ2) is 10.2. The maximum Gasteiger partial charge on any atom is 0.254 e. The van der Waals surface area contributed by atoms with Crippen LogP contribution in [0.15, 0.2) is 48.8 Å². The number of amides is 1. The van der Waals surface area contributed by atoms with Crippen molar-refractivity contribution < 1.29 is 9.53 Å². The van der Waals surface area contributed by atoms with Crippen LogP contribution in [-0.4, -0.2) is 78.7 Å². The zero-order valence-electron chi connectivity index (χ0n) is 26.6. The molecule has 2 bridgehead atoms. The molecular formula is C36H39N9O2. The Morgan fingerprint density at radius 1 is 0.979 bits per heavy atom. The van der Waals surface area contributed by atoms with Crippen LogP contribution in [0.2, 0.25) is 0 Å². The first kappa shape index (κ1) is 27.6. The van der Waals surface area contributed by atoms with E-state index >= 15 is 0 Å². The minimum absolute atomic E-state index is 0.0149. The average Bonchev–Trinajstić information content (AvgIpc) is 3.98. The van der Waals surface area contributed by atoms with Gasteiger partial charge in [0, 0.05) is 67.5 Å². The Kier molecular flexibility index (Phi) is 6.01. The molecule has 10 rings (SSSR count). The number of pyridine rings is 1. The lowest BCUT2D eigenvalue weighted by molar-refractivity contribution is 0.0700. The fourth-order valence-electron chi connectivity index (χ4n) is 8.36. The molecule has 47 heavy (non-hydrogen) atoms. The highest BCUT2D eigenvalue weighted by atomic mass is 16.5. The van der Waals surface area contributed by atoms with Gasteiger partial charge in [-0.2, -0.15) is 0 Å². The van der Waals surface area contributed by atoms with Crippen molar-refractivity contribution in [2.45, 2.75) is 69.1 Å². The van der Waals surface area contributed by atoms with E-state index in [2.05, 4.69) is 31.2 Å². The predicted molar refractivity (Wildman–Crippen MR) is 179 cm³/mol. The molecule has 2 N–H and O–H groups in total. The number of fused-ring (bicyclic) bond motifs is 4. The van der Waals surface area contributed by atoms with E-state index in [-0.39, 0.29) is 24.0 Å². The number of piperidine rings is 1. The van der Waals surface area contributed by atoms with Crippen LogP contribution < -0.4 is 15.4 Å². The van der Waals surface area contributed by atoms with Crippen molar-refractivity contribution in [3.05, 3.63) is 60.2 Å². The number of ether oxygens (including phenoxy) is 1. The number of hydrogen-bond acceptors (Lipinski definition) is 8. The van der Waals surface area contributed by atoms with Crippen LogP contribution in [0.3, 0.4) is 0 Å². The number of rotatable bonds is 8. The van der Waals surface area contributed by atoms with Crippen molar-refractivity contribution >= 4 is 33.8 Å². The van der Waals surface area contributed by atoms with E-state index in [0.29, 0.717) is 29.1 Å². The predicted octanol–water partition coefficient (Wildman–Crippen LogP) is 4.76. The molecule has 5 aliphatic rings. The molecule has 1 amide bonds. The van der Waals surface area contributed by atoms with Gasteiger partial charge >= 0.3 is 0 Å². The summed E-state index contributed by atoms with van der Waals surface area (Å²) in [6.45, 7) is 3.22. The summed E-state index contributed by atoms with van der Waals surface area (Å²) in [4.78, 5) is 37.9. The van der Waals surface area contributed by atoms with Gasteiger partial charge in [-0.25, -0.2) is 19.9 Å². The molecule has 1 aromatic carbocycles. The second-order valence-electron chi connectivity index (χ2n) is 14.4. The molecule has 2 aliphatic heterocycles. The van der Waals surface area contributed by atoms with Crippen LogP contribution >= 0.6 is 0 Å². The largest absolute Gasteiger partial charge is 0.494 e. The van der Waals surface area contributed by atoms with Crippen LogP contribution in [0.4, 0.5) is 5.82 Å². The number of anilines is 1. The van der Waals surface area contributed by atoms with E-state index in [1.54, 1.807) is 7.11 Å². The van der Waals surface area contributed by atoms with Gasteiger partial charge in [-0.3, -0.25) is 4.79 Å². The Morgan fingerprint density at radius 2 is 1.85 bits per heavy atom. The summed E-state index contributed by atoms with van der Waals surface area (Å²) in [5.41, 5.74) is 10.8. The SMILES string of the molecule is COc1cc(C(=O)N2C[C@H]3CC[C@@H]2[C@@H]3N)cc2nc(-c3cc4cccnc4n3CC3CC3)n(C3CN(c4ccnc(C5CC5)n4)C3)c12. The highest BCUT2D eigenvalue weighted by Gasteiger charge is 2.47. The van der Waals surface area contributed by atoms with Crippen LogP contribution in [0, 0.1) is 11.8 Å². The van der Waals surface area contributed by atoms with Crippen molar-refractivity contribution in [2.75, 3.05) is 31.6 Å². The van der Waals surface area contributed by atoms with Crippen LogP contribution in [-0.2, 0) is 6.54 Å². The molecule has 11 heteroatoms. The van der Waals surface area contributed by atoms with E-state index in [4.69, 9.17) is 25.4 Å². The molecule has 6 heterocycles. The molecule has 0 unspecified atom stereocenters. The van der Waals surface area contributed by atoms with Crippen molar-refractivity contribution in [1.29, 1.82) is 0 Å². The monoisotopic (exact) mass is 629 g/mol. The fourth-order valence-corrected chi connectivity index (χ4v) is 8.36. The molecule has 0 spiro atoms. The van der Waals surface area contributed by atoms with Crippen molar-refractivity contribution in [2.24, 2.45) is 17.6 Å². The summed E-state index contributed by atoms with van der Waals surface area (Å²) < 4.78 is 10.8. The topological polar surface area (TPSA) is 120 Å². The van der Waals surface area contributed by atoms with Gasteiger partial charge in [0.2, 0.25) is 0 Å². The molecular weight excluding hydrogens is 590 g/mol. The van der Waals surface area contributed by atoms with E-state index in [0.717, 1.165) is 84.2 Å². The Labute approximate surface area is 272 Å². The smallest absolute Gasteiger partial charge is 0.254 e. The average molecular weight is 630 g/mol. The Hall–Kier alpha value is -4.51. The van der Waals surface area contributed by atoms with Gasteiger partial charge in [0.15, 0.2) is 5.82 Å². The minimum atomic E-state index is 0.0149. The van der Waals surface area contributed by atoms with Gasteiger partial charge in [-0.05, 0) is 86.8 Å². The molecule has 3 saturated carbocycles. The first-order chi connectivity index (χ1) is 23.0. The molecule has 5 aromatic rings. The highest BCUT2D eigenvalue weighted by Crippen LogP contribution is 2.43. The number of carbonyl (C=O) groups is 1. The maximum absolute atomic E-state index is 14.0. The van der Waals surface area contributed by atoms with E-state index in [1.807, 2.05) is 41.6 Å². The third kappa shape index (κ3) is 4.38. The molecule has 3 atom stereocenters. The summed E-state index contributed by atoms with van der Waals surface area (Å²) >= 11 is 0. The third-order valence-corrected chi connectivity index (χ3v) is 11.3. The highest BCUT2D eigenvalue weighted by molar-refractivity contribution is 6.00. The molecule has 2 saturated heterocycles. The van der Waals surface area contributed by atoms with Gasteiger partial charge < -0.3 is 29.4 Å². The second-order valence-corrected chi connectivity index (χ2v) is 14.4. The minimum Gasteiger partial charge on any atom is -0.494 e. The Balaban J connectivity index is 1.09. The lowest BCUT2D eigenvalue weighted by Gasteiger charge is -2.41. The lowest BCUT2D eigenvalue weighted by atomic mass is 10.1. The van der Waals surface area contributed by atoms with Crippen molar-refractivity contribution in [1.82, 2.24) is 34.0 Å². The van der Waals surface area contributed by atoms with E-state index in [1.165, 1.54) is 25.7 Å². The number of hydrogen-bond donors (Lipinski definition) is 1. The first-order valence-electron chi connectivity index (χ1n) is 17.2. The zero-order chi connectivity index (χ0) is 31.4. The summed E-state index contributed by atoms with van der Waals surface area (Å²) in [5.74, 6) is 5.05. The van der Waals surface area contributed by atoms with Gasteiger partial charge in [-0.15, -0.1) is 0 Å². The van der Waals surface area contributed by atoms with Gasteiger partial charge in [0.25, 0.3) is 5.91 Å². The number of methoxy groups -OCH3 is 1. The number of nitrogens with two attached hydrogens (primary N) is 1. The number of carbonyl (C=O) groups excluding carboxylic acids is 1. The van der Waals surface area contributed by atoms with Crippen LogP contribution in [0.1, 0.15) is 66.7 Å². The van der Waals surface area contributed by atoms with E-state index < -0.39 is 0 Å². The summed E-state index contributed by atoms with van der Waals surface area (Å²) in [5, 5.41) is 1.11. The Bertz CT molecular complexity index is 2050. The van der Waals surface area contributed by atoms with Crippen LogP contribution in [0.25, 0.3) is 33.6 Å². The number of nitrogens with zero attached hydrogens (tertiary/aromatic N) is 8. The molecule has 11 nitrogen and oxygen atoms in total. The molecule has 0 radical (unpaired) electrons. The number of benzene rings is 1. The molecule has 240 valence electrons. The summed E-state index contributed by atoms with van der Waals surface area (Å²) in [6, 6.07) is 12.6. The summed E-state index contributed by atoms with van der Waals surface area (Å²) in [6.07, 6.45) is 10.7. The van der Waals surface area contributed by atoms with Gasteiger partial charge in [0.05, 0.1) is 24.4 Å². The molecule has 3 aliphatic carbocycles. The molecule has 4 aromatic heterocycles. The summed E-state index contributed by atoms with van der Waals surface area (Å²) in [7, 11) is 1.69. The Morgan fingerprint density at radius 3 is 2.60 bits per heavy atom. The number of likely N-dealkylation sites (tertiary alicyclic amines) is 1. The molecule has 5 fully saturated rings. The van der Waals surface area contributed by atoms with E-state index in [9.17, 15) is 4.79 Å². The normalized spacial score (nSPS) is 24.1. The standard InChI is InChI=1S/C36H39N9O2/c1-47-29-15-24(36(46)44-17-23-8-9-27(44)31(23)37)13-26-32(29)45(25-18-42(19-25)30-10-12-38-33(41-30)21-6-7-21)35(40-26)28-14-22-3-2-11-39-34(22)43(28)16-20-4-5-20/h2-3,10-15,20-21,23,25,27,31H,4-9,16-19,37H2,1H3/t23-,27-,31-/m1/s1. The van der Waals surface area contributed by atoms with Gasteiger partial charge in [0.1, 0.15) is 28.6 Å². The van der Waals surface area contributed by atoms with Crippen LogP contribution in [0.5, 0.6) is 5.75 Å². The number of aromatic nitrogens is 6. The van der Waals surface area contributed by atoms with Crippen molar-refractivity contribution in [3.8, 4) is 17.3 Å². The quantitative estimate of drug-likeness (QED) is 0.261. The number of imidazole rings is 1. The first-order valence-corrected chi connectivity index (χ1v) is 17.2. The van der Waals surface area contributed by atoms with Crippen molar-refractivity contribution in [3.63, 3.8) is 0 Å². The van der Waals surface area contributed by atoms with Gasteiger partial charge in [-0.1, -0.05) is 0 Å². The fraction of sp³-hybridized carbons (Fsp3) is 0.472.